The zero-order chi connectivity index (χ0) is 17.9. The molecule has 1 aliphatic heterocycles. The van der Waals surface area contributed by atoms with E-state index in [1.54, 1.807) is 0 Å². The van der Waals surface area contributed by atoms with E-state index < -0.39 is 10.0 Å². The molecule has 0 bridgehead atoms. The molecule has 1 aromatic carbocycles. The average Bonchev–Trinajstić information content (AvgIpc) is 2.62. The van der Waals surface area contributed by atoms with E-state index in [0.717, 1.165) is 11.5 Å². The Hall–Kier alpha value is -2.50. The Morgan fingerprint density at radius 3 is 2.48 bits per heavy atom. The van der Waals surface area contributed by atoms with Crippen LogP contribution in [-0.4, -0.2) is 41.8 Å². The summed E-state index contributed by atoms with van der Waals surface area (Å²) in [5, 5.41) is 12.2. The number of hydrogen-bond donors (Lipinski definition) is 1. The zero-order valence-electron chi connectivity index (χ0n) is 13.9. The van der Waals surface area contributed by atoms with Gasteiger partial charge in [-0.25, -0.2) is 18.4 Å². The fraction of sp³-hybridized carbons (Fsp3) is 0.353. The maximum Gasteiger partial charge on any atom is 0.243 e. The Morgan fingerprint density at radius 1 is 1.20 bits per heavy atom. The summed E-state index contributed by atoms with van der Waals surface area (Å²) in [6.07, 6.45) is 2.93. The van der Waals surface area contributed by atoms with Gasteiger partial charge in [-0.3, -0.25) is 0 Å². The first-order valence-electron chi connectivity index (χ1n) is 8.04. The Morgan fingerprint density at radius 2 is 1.88 bits per heavy atom. The van der Waals surface area contributed by atoms with Crippen molar-refractivity contribution in [1.82, 2.24) is 14.3 Å². The minimum Gasteiger partial charge on any atom is -0.367 e. The lowest BCUT2D eigenvalue weighted by Gasteiger charge is -2.31. The van der Waals surface area contributed by atoms with E-state index in [-0.39, 0.29) is 10.9 Å². The summed E-state index contributed by atoms with van der Waals surface area (Å²) in [4.78, 5) is 8.48. The number of nitriles is 1. The lowest BCUT2D eigenvalue weighted by molar-refractivity contribution is 0.329. The normalized spacial score (nSPS) is 16.3. The van der Waals surface area contributed by atoms with Gasteiger partial charge in [-0.15, -0.1) is 0 Å². The van der Waals surface area contributed by atoms with Crippen molar-refractivity contribution in [2.45, 2.75) is 30.7 Å². The van der Waals surface area contributed by atoms with Gasteiger partial charge < -0.3 is 5.32 Å². The number of anilines is 1. The van der Waals surface area contributed by atoms with E-state index in [9.17, 15) is 8.42 Å². The molecule has 0 saturated carbocycles. The van der Waals surface area contributed by atoms with Crippen molar-refractivity contribution in [3.63, 3.8) is 0 Å². The summed E-state index contributed by atoms with van der Waals surface area (Å²) < 4.78 is 26.9. The number of aromatic nitrogens is 2. The number of benzene rings is 1. The minimum atomic E-state index is -3.52. The van der Waals surface area contributed by atoms with E-state index in [1.165, 1.54) is 34.9 Å². The van der Waals surface area contributed by atoms with Crippen LogP contribution in [0.2, 0.25) is 0 Å². The van der Waals surface area contributed by atoms with Crippen LogP contribution in [0.1, 0.15) is 24.1 Å². The summed E-state index contributed by atoms with van der Waals surface area (Å²) in [6.45, 7) is 2.80. The summed E-state index contributed by atoms with van der Waals surface area (Å²) >= 11 is 0. The molecule has 0 aliphatic carbocycles. The SMILES string of the molecule is Cc1cc(NC2CCN(S(=O)(=O)c3ccc(C#N)cc3)CC2)ncn1. The molecule has 130 valence electrons. The third kappa shape index (κ3) is 3.95. The van der Waals surface area contributed by atoms with E-state index in [4.69, 9.17) is 5.26 Å². The molecule has 2 aromatic rings. The van der Waals surface area contributed by atoms with Gasteiger partial charge in [-0.1, -0.05) is 0 Å². The predicted octanol–water partition coefficient (Wildman–Crippen LogP) is 1.92. The van der Waals surface area contributed by atoms with Crippen molar-refractivity contribution in [3.8, 4) is 6.07 Å². The minimum absolute atomic E-state index is 0.182. The van der Waals surface area contributed by atoms with E-state index >= 15 is 0 Å². The molecular weight excluding hydrogens is 338 g/mol. The molecule has 25 heavy (non-hydrogen) atoms. The summed E-state index contributed by atoms with van der Waals surface area (Å²) in [7, 11) is -3.52. The first kappa shape index (κ1) is 17.3. The van der Waals surface area contributed by atoms with Gasteiger partial charge in [0, 0.05) is 30.9 Å². The van der Waals surface area contributed by atoms with Gasteiger partial charge in [0.1, 0.15) is 12.1 Å². The number of hydrogen-bond acceptors (Lipinski definition) is 6. The van der Waals surface area contributed by atoms with Crippen LogP contribution in [0.3, 0.4) is 0 Å². The summed E-state index contributed by atoms with van der Waals surface area (Å²) in [5.74, 6) is 0.765. The Balaban J connectivity index is 1.63. The van der Waals surface area contributed by atoms with E-state index in [0.29, 0.717) is 31.5 Å². The molecule has 1 N–H and O–H groups in total. The molecule has 0 atom stereocenters. The molecule has 8 heteroatoms. The standard InChI is InChI=1S/C17H19N5O2S/c1-13-10-17(20-12-19-13)21-15-6-8-22(9-7-15)25(23,24)16-4-2-14(11-18)3-5-16/h2-5,10,12,15H,6-9H2,1H3,(H,19,20,21). The highest BCUT2D eigenvalue weighted by molar-refractivity contribution is 7.89. The van der Waals surface area contributed by atoms with Gasteiger partial charge in [0.05, 0.1) is 16.5 Å². The number of rotatable bonds is 4. The topological polar surface area (TPSA) is 99.0 Å². The predicted molar refractivity (Wildman–Crippen MR) is 93.3 cm³/mol. The van der Waals surface area contributed by atoms with Crippen LogP contribution in [0.25, 0.3) is 0 Å². The number of nitrogens with one attached hydrogen (secondary N) is 1. The zero-order valence-corrected chi connectivity index (χ0v) is 14.7. The quantitative estimate of drug-likeness (QED) is 0.897. The van der Waals surface area contributed by atoms with Crippen LogP contribution < -0.4 is 5.32 Å². The first-order valence-corrected chi connectivity index (χ1v) is 9.48. The van der Waals surface area contributed by atoms with E-state index in [2.05, 4.69) is 15.3 Å². The van der Waals surface area contributed by atoms with Gasteiger partial charge in [-0.05, 0) is 44.0 Å². The first-order chi connectivity index (χ1) is 12.0. The molecule has 1 saturated heterocycles. The van der Waals surface area contributed by atoms with Crippen LogP contribution in [0, 0.1) is 18.3 Å². The number of piperidine rings is 1. The highest BCUT2D eigenvalue weighted by atomic mass is 32.2. The lowest BCUT2D eigenvalue weighted by atomic mass is 10.1. The van der Waals surface area contributed by atoms with Crippen LogP contribution in [0.15, 0.2) is 41.6 Å². The van der Waals surface area contributed by atoms with E-state index in [1.807, 2.05) is 19.1 Å². The fourth-order valence-corrected chi connectivity index (χ4v) is 4.30. The van der Waals surface area contributed by atoms with Crippen molar-refractivity contribution < 1.29 is 8.42 Å². The third-order valence-electron chi connectivity index (χ3n) is 4.23. The molecule has 0 unspecified atom stereocenters. The molecular formula is C17H19N5O2S. The summed E-state index contributed by atoms with van der Waals surface area (Å²) in [5.41, 5.74) is 1.33. The summed E-state index contributed by atoms with van der Waals surface area (Å²) in [6, 6.07) is 10.1. The number of aryl methyl sites for hydroxylation is 1. The Labute approximate surface area is 147 Å². The molecule has 1 aliphatic rings. The van der Waals surface area contributed by atoms with Gasteiger partial charge in [0.2, 0.25) is 10.0 Å². The molecule has 7 nitrogen and oxygen atoms in total. The van der Waals surface area contributed by atoms with Crippen LogP contribution in [0.5, 0.6) is 0 Å². The maximum absolute atomic E-state index is 12.7. The Bertz CT molecular complexity index is 882. The molecule has 0 amide bonds. The maximum atomic E-state index is 12.7. The molecule has 0 spiro atoms. The Kier molecular flexibility index (Phi) is 4.97. The van der Waals surface area contributed by atoms with Crippen molar-refractivity contribution in [3.05, 3.63) is 47.9 Å². The van der Waals surface area contributed by atoms with Crippen molar-refractivity contribution in [2.24, 2.45) is 0 Å². The van der Waals surface area contributed by atoms with Gasteiger partial charge in [-0.2, -0.15) is 9.57 Å². The smallest absolute Gasteiger partial charge is 0.243 e. The van der Waals surface area contributed by atoms with Crippen molar-refractivity contribution in [1.29, 1.82) is 5.26 Å². The fourth-order valence-electron chi connectivity index (χ4n) is 2.83. The van der Waals surface area contributed by atoms with Crippen LogP contribution >= 0.6 is 0 Å². The highest BCUT2D eigenvalue weighted by Gasteiger charge is 2.29. The second kappa shape index (κ2) is 7.17. The molecule has 0 radical (unpaired) electrons. The number of nitrogens with zero attached hydrogens (tertiary/aromatic N) is 4. The van der Waals surface area contributed by atoms with Crippen molar-refractivity contribution >= 4 is 15.8 Å². The largest absolute Gasteiger partial charge is 0.367 e. The van der Waals surface area contributed by atoms with Gasteiger partial charge in [0.25, 0.3) is 0 Å². The molecule has 1 aromatic heterocycles. The number of sulfonamides is 1. The third-order valence-corrected chi connectivity index (χ3v) is 6.14. The van der Waals surface area contributed by atoms with Gasteiger partial charge in [0.15, 0.2) is 0 Å². The van der Waals surface area contributed by atoms with Gasteiger partial charge >= 0.3 is 0 Å². The monoisotopic (exact) mass is 357 g/mol. The average molecular weight is 357 g/mol. The lowest BCUT2D eigenvalue weighted by Crippen LogP contribution is -2.42. The molecule has 3 rings (SSSR count). The molecule has 2 heterocycles. The van der Waals surface area contributed by atoms with Crippen molar-refractivity contribution in [2.75, 3.05) is 18.4 Å². The van der Waals surface area contributed by atoms with Crippen LogP contribution in [-0.2, 0) is 10.0 Å². The molecule has 1 fully saturated rings. The highest BCUT2D eigenvalue weighted by Crippen LogP contribution is 2.22. The van der Waals surface area contributed by atoms with Crippen LogP contribution in [0.4, 0.5) is 5.82 Å². The second-order valence-electron chi connectivity index (χ2n) is 6.00. The second-order valence-corrected chi connectivity index (χ2v) is 7.94.